The molecule has 0 bridgehead atoms. The molecule has 28 heavy (non-hydrogen) atoms. The lowest BCUT2D eigenvalue weighted by Crippen LogP contribution is -2.17. The maximum absolute atomic E-state index is 9.61. The Labute approximate surface area is 163 Å². The number of benzene rings is 2. The molecular weight excluding hydrogens is 352 g/mol. The second-order valence-electron chi connectivity index (χ2n) is 6.69. The molecule has 0 aliphatic rings. The predicted octanol–water partition coefficient (Wildman–Crippen LogP) is 3.66. The number of nitrogens with one attached hydrogen (secondary N) is 2. The molecule has 4 aromatic rings. The fourth-order valence-corrected chi connectivity index (χ4v) is 2.92. The first-order valence-electron chi connectivity index (χ1n) is 9.17. The van der Waals surface area contributed by atoms with Gasteiger partial charge in [0.15, 0.2) is 5.65 Å². The minimum atomic E-state index is -0.508. The number of aromatic nitrogens is 4. The van der Waals surface area contributed by atoms with Gasteiger partial charge in [0.1, 0.15) is 5.82 Å². The first kappa shape index (κ1) is 17.9. The summed E-state index contributed by atoms with van der Waals surface area (Å²) in [4.78, 5) is 9.25. The van der Waals surface area contributed by atoms with Gasteiger partial charge in [0.05, 0.1) is 23.4 Å². The molecule has 0 spiro atoms. The Morgan fingerprint density at radius 3 is 2.54 bits per heavy atom. The third-order valence-corrected chi connectivity index (χ3v) is 4.38. The standard InChI is InChI=1S/C21H22N6O/c1-14-8-6-7-11-18(14)24-19-17-13-23-27(16-9-4-3-5-10-16)20(17)26-21(25-19)22-12-15(2)28/h3-11,13,15,28H,12H2,1-2H3,(H2,22,24,25,26)/t15-/m1/s1. The van der Waals surface area contributed by atoms with E-state index in [1.54, 1.807) is 17.8 Å². The molecule has 4 rings (SSSR count). The fraction of sp³-hybridized carbons (Fsp3) is 0.190. The summed E-state index contributed by atoms with van der Waals surface area (Å²) in [7, 11) is 0. The Morgan fingerprint density at radius 2 is 1.79 bits per heavy atom. The molecular formula is C21H22N6O. The van der Waals surface area contributed by atoms with E-state index in [1.165, 1.54) is 0 Å². The van der Waals surface area contributed by atoms with Crippen LogP contribution in [0.1, 0.15) is 12.5 Å². The van der Waals surface area contributed by atoms with Gasteiger partial charge in [0, 0.05) is 12.2 Å². The highest BCUT2D eigenvalue weighted by Gasteiger charge is 2.15. The molecule has 7 nitrogen and oxygen atoms in total. The molecule has 2 aromatic heterocycles. The van der Waals surface area contributed by atoms with E-state index in [-0.39, 0.29) is 0 Å². The highest BCUT2D eigenvalue weighted by Crippen LogP contribution is 2.28. The monoisotopic (exact) mass is 374 g/mol. The molecule has 7 heteroatoms. The van der Waals surface area contributed by atoms with Crippen molar-refractivity contribution in [1.82, 2.24) is 19.7 Å². The number of hydrogen-bond acceptors (Lipinski definition) is 6. The quantitative estimate of drug-likeness (QED) is 0.477. The van der Waals surface area contributed by atoms with Crippen molar-refractivity contribution in [2.24, 2.45) is 0 Å². The Balaban J connectivity index is 1.83. The van der Waals surface area contributed by atoms with Gasteiger partial charge in [-0.1, -0.05) is 36.4 Å². The van der Waals surface area contributed by atoms with Gasteiger partial charge in [-0.05, 0) is 37.6 Å². The van der Waals surface area contributed by atoms with E-state index in [0.717, 1.165) is 22.3 Å². The van der Waals surface area contributed by atoms with E-state index < -0.39 is 6.10 Å². The van der Waals surface area contributed by atoms with Crippen LogP contribution in [0.5, 0.6) is 0 Å². The van der Waals surface area contributed by atoms with Crippen LogP contribution >= 0.6 is 0 Å². The topological polar surface area (TPSA) is 87.9 Å². The molecule has 0 saturated carbocycles. The van der Waals surface area contributed by atoms with Crippen molar-refractivity contribution in [2.45, 2.75) is 20.0 Å². The lowest BCUT2D eigenvalue weighted by Gasteiger charge is -2.13. The second-order valence-corrected chi connectivity index (χ2v) is 6.69. The normalized spacial score (nSPS) is 12.1. The summed E-state index contributed by atoms with van der Waals surface area (Å²) < 4.78 is 1.79. The smallest absolute Gasteiger partial charge is 0.226 e. The van der Waals surface area contributed by atoms with Crippen LogP contribution < -0.4 is 10.6 Å². The molecule has 0 amide bonds. The molecule has 0 aliphatic heterocycles. The zero-order valence-corrected chi connectivity index (χ0v) is 15.8. The van der Waals surface area contributed by atoms with E-state index in [4.69, 9.17) is 0 Å². The summed E-state index contributed by atoms with van der Waals surface area (Å²) in [6.07, 6.45) is 1.26. The molecule has 0 aliphatic carbocycles. The molecule has 2 heterocycles. The number of anilines is 3. The van der Waals surface area contributed by atoms with Crippen LogP contribution in [-0.4, -0.2) is 37.5 Å². The van der Waals surface area contributed by atoms with Gasteiger partial charge in [-0.2, -0.15) is 15.1 Å². The van der Waals surface area contributed by atoms with E-state index >= 15 is 0 Å². The van der Waals surface area contributed by atoms with Crippen LogP contribution in [0.15, 0.2) is 60.8 Å². The highest BCUT2D eigenvalue weighted by molar-refractivity contribution is 5.90. The third-order valence-electron chi connectivity index (χ3n) is 4.38. The van der Waals surface area contributed by atoms with E-state index in [0.29, 0.717) is 24.0 Å². The van der Waals surface area contributed by atoms with E-state index in [1.807, 2.05) is 61.5 Å². The summed E-state index contributed by atoms with van der Waals surface area (Å²) in [5.74, 6) is 1.09. The van der Waals surface area contributed by atoms with Crippen LogP contribution in [0.4, 0.5) is 17.5 Å². The Bertz CT molecular complexity index is 1090. The number of hydrogen-bond donors (Lipinski definition) is 3. The summed E-state index contributed by atoms with van der Waals surface area (Å²) >= 11 is 0. The van der Waals surface area contributed by atoms with Gasteiger partial charge in [-0.15, -0.1) is 0 Å². The van der Waals surface area contributed by atoms with Gasteiger partial charge < -0.3 is 15.7 Å². The minimum absolute atomic E-state index is 0.356. The molecule has 0 radical (unpaired) electrons. The number of aliphatic hydroxyl groups is 1. The molecule has 3 N–H and O–H groups in total. The summed E-state index contributed by atoms with van der Waals surface area (Å²) in [5, 5.41) is 21.4. The number of nitrogens with zero attached hydrogens (tertiary/aromatic N) is 4. The molecule has 1 atom stereocenters. The van der Waals surface area contributed by atoms with Crippen molar-refractivity contribution in [3.05, 3.63) is 66.4 Å². The summed E-state index contributed by atoms with van der Waals surface area (Å²) in [6, 6.07) is 17.9. The minimum Gasteiger partial charge on any atom is -0.392 e. The summed E-state index contributed by atoms with van der Waals surface area (Å²) in [6.45, 7) is 4.11. The largest absolute Gasteiger partial charge is 0.392 e. The molecule has 142 valence electrons. The van der Waals surface area contributed by atoms with Gasteiger partial charge in [-0.25, -0.2) is 4.68 Å². The van der Waals surface area contributed by atoms with Gasteiger partial charge in [0.2, 0.25) is 5.95 Å². The molecule has 0 unspecified atom stereocenters. The maximum Gasteiger partial charge on any atom is 0.226 e. The number of aliphatic hydroxyl groups excluding tert-OH is 1. The Kier molecular flexibility index (Phi) is 4.90. The fourth-order valence-electron chi connectivity index (χ4n) is 2.92. The predicted molar refractivity (Wildman–Crippen MR) is 111 cm³/mol. The van der Waals surface area contributed by atoms with Crippen LogP contribution in [0.3, 0.4) is 0 Å². The SMILES string of the molecule is Cc1ccccc1Nc1nc(NC[C@@H](C)O)nc2c1cnn2-c1ccccc1. The van der Waals surface area contributed by atoms with Crippen molar-refractivity contribution < 1.29 is 5.11 Å². The second kappa shape index (κ2) is 7.66. The number of rotatable bonds is 6. The highest BCUT2D eigenvalue weighted by atomic mass is 16.3. The molecule has 0 saturated heterocycles. The van der Waals surface area contributed by atoms with Crippen LogP contribution in [0.25, 0.3) is 16.7 Å². The zero-order valence-electron chi connectivity index (χ0n) is 15.8. The van der Waals surface area contributed by atoms with Gasteiger partial charge >= 0.3 is 0 Å². The lowest BCUT2D eigenvalue weighted by molar-refractivity contribution is 0.208. The number of fused-ring (bicyclic) bond motifs is 1. The van der Waals surface area contributed by atoms with Crippen molar-refractivity contribution in [2.75, 3.05) is 17.2 Å². The average molecular weight is 374 g/mol. The number of para-hydroxylation sites is 2. The van der Waals surface area contributed by atoms with Gasteiger partial charge in [0.25, 0.3) is 0 Å². The van der Waals surface area contributed by atoms with Crippen LogP contribution in [-0.2, 0) is 0 Å². The van der Waals surface area contributed by atoms with Crippen molar-refractivity contribution in [3.8, 4) is 5.69 Å². The third kappa shape index (κ3) is 3.65. The van der Waals surface area contributed by atoms with E-state index in [9.17, 15) is 5.11 Å². The molecule has 2 aromatic carbocycles. The van der Waals surface area contributed by atoms with Crippen molar-refractivity contribution >= 4 is 28.5 Å². The Hall–Kier alpha value is -3.45. The van der Waals surface area contributed by atoms with Crippen LogP contribution in [0.2, 0.25) is 0 Å². The first-order valence-corrected chi connectivity index (χ1v) is 9.17. The lowest BCUT2D eigenvalue weighted by atomic mass is 10.2. The zero-order chi connectivity index (χ0) is 19.5. The van der Waals surface area contributed by atoms with Crippen LogP contribution in [0, 0.1) is 6.92 Å². The summed E-state index contributed by atoms with van der Waals surface area (Å²) in [5.41, 5.74) is 3.68. The maximum atomic E-state index is 9.61. The number of aryl methyl sites for hydroxylation is 1. The van der Waals surface area contributed by atoms with Gasteiger partial charge in [-0.3, -0.25) is 0 Å². The van der Waals surface area contributed by atoms with E-state index in [2.05, 4.69) is 25.7 Å². The Morgan fingerprint density at radius 1 is 1.04 bits per heavy atom. The first-order chi connectivity index (χ1) is 13.6. The van der Waals surface area contributed by atoms with Crippen molar-refractivity contribution in [3.63, 3.8) is 0 Å². The molecule has 0 fully saturated rings. The average Bonchev–Trinajstić information content (AvgIpc) is 3.13. The van der Waals surface area contributed by atoms with Crippen molar-refractivity contribution in [1.29, 1.82) is 0 Å².